The SMILES string of the molecule is O=CN1CCC2(CC1)CC2CCCOC1CCC(CC(=O)N2CC(CNC[C@H](O)[C@@H](O)[C@H](O)[C@H](O)CO)C2)C(F)C1. The van der Waals surface area contributed by atoms with Gasteiger partial charge in [-0.3, -0.25) is 9.59 Å². The number of ether oxygens (including phenoxy) is 1. The molecule has 11 nitrogen and oxygen atoms in total. The van der Waals surface area contributed by atoms with Crippen LogP contribution in [-0.4, -0.2) is 137 Å². The summed E-state index contributed by atoms with van der Waals surface area (Å²) >= 11 is 0. The van der Waals surface area contributed by atoms with Crippen LogP contribution in [0.1, 0.15) is 57.8 Å². The van der Waals surface area contributed by atoms with Crippen molar-refractivity contribution in [3.63, 3.8) is 0 Å². The van der Waals surface area contributed by atoms with Crippen molar-refractivity contribution in [2.45, 2.75) is 94.5 Å². The zero-order chi connectivity index (χ0) is 29.6. The van der Waals surface area contributed by atoms with Crippen LogP contribution in [0.25, 0.3) is 0 Å². The van der Waals surface area contributed by atoms with Gasteiger partial charge in [0.2, 0.25) is 12.3 Å². The Morgan fingerprint density at radius 3 is 2.46 bits per heavy atom. The largest absolute Gasteiger partial charge is 0.394 e. The fraction of sp³-hybridized carbons (Fsp3) is 0.931. The van der Waals surface area contributed by atoms with Crippen molar-refractivity contribution in [1.82, 2.24) is 15.1 Å². The standard InChI is InChI=1S/C29H50FN3O8/c30-23-11-22(41-9-1-2-21-12-29(21)5-7-32(18-35)8-6-29)4-3-20(23)10-26(38)33-15-19(16-33)13-31-14-24(36)27(39)28(40)25(37)17-34/h18-25,27-28,31,34,36-37,39-40H,1-17H2/t20?,21?,22?,23?,24-,25+,27+,28+/m0/s1. The maximum absolute atomic E-state index is 14.9. The molecule has 0 radical (unpaired) electrons. The Balaban J connectivity index is 1.03. The first-order chi connectivity index (χ1) is 19.7. The first kappa shape index (κ1) is 32.5. The van der Waals surface area contributed by atoms with E-state index in [0.717, 1.165) is 57.5 Å². The Morgan fingerprint density at radius 1 is 1.10 bits per heavy atom. The van der Waals surface area contributed by atoms with Crippen molar-refractivity contribution in [3.8, 4) is 0 Å². The molecule has 2 saturated heterocycles. The molecule has 0 bridgehead atoms. The van der Waals surface area contributed by atoms with Crippen LogP contribution in [0.3, 0.4) is 0 Å². The third kappa shape index (κ3) is 8.58. The molecule has 8 atom stereocenters. The van der Waals surface area contributed by atoms with E-state index >= 15 is 0 Å². The second-order valence-electron chi connectivity index (χ2n) is 13.0. The van der Waals surface area contributed by atoms with E-state index in [0.29, 0.717) is 44.5 Å². The smallest absolute Gasteiger partial charge is 0.222 e. The number of carbonyl (C=O) groups excluding carboxylic acids is 2. The van der Waals surface area contributed by atoms with Gasteiger partial charge in [-0.2, -0.15) is 0 Å². The highest BCUT2D eigenvalue weighted by Crippen LogP contribution is 2.61. The van der Waals surface area contributed by atoms with E-state index in [-0.39, 0.29) is 36.8 Å². The topological polar surface area (TPSA) is 163 Å². The van der Waals surface area contributed by atoms with E-state index in [1.54, 1.807) is 4.90 Å². The minimum atomic E-state index is -1.66. The summed E-state index contributed by atoms with van der Waals surface area (Å²) in [5.74, 6) is 0.595. The average Bonchev–Trinajstić information content (AvgIpc) is 3.63. The molecular weight excluding hydrogens is 537 g/mol. The number of alkyl halides is 1. The third-order valence-corrected chi connectivity index (χ3v) is 10.1. The molecule has 4 aliphatic rings. The summed E-state index contributed by atoms with van der Waals surface area (Å²) in [5, 5.41) is 50.7. The predicted octanol–water partition coefficient (Wildman–Crippen LogP) is -0.577. The number of carbonyl (C=O) groups is 2. The van der Waals surface area contributed by atoms with E-state index in [9.17, 15) is 34.4 Å². The Kier molecular flexibility index (Phi) is 11.8. The molecular formula is C29H50FN3O8. The first-order valence-electron chi connectivity index (χ1n) is 15.4. The van der Waals surface area contributed by atoms with Crippen LogP contribution >= 0.6 is 0 Å². The van der Waals surface area contributed by atoms with Crippen LogP contribution < -0.4 is 5.32 Å². The molecule has 2 aliphatic heterocycles. The van der Waals surface area contributed by atoms with Crippen LogP contribution in [0, 0.1) is 23.2 Å². The van der Waals surface area contributed by atoms with Crippen molar-refractivity contribution in [3.05, 3.63) is 0 Å². The summed E-state index contributed by atoms with van der Waals surface area (Å²) in [4.78, 5) is 27.2. The second-order valence-corrected chi connectivity index (χ2v) is 13.0. The van der Waals surface area contributed by atoms with Crippen molar-refractivity contribution < 1.29 is 44.2 Å². The van der Waals surface area contributed by atoms with Gasteiger partial charge in [-0.25, -0.2) is 4.39 Å². The molecule has 6 N–H and O–H groups in total. The van der Waals surface area contributed by atoms with Gasteiger partial charge in [0.15, 0.2) is 0 Å². The molecule has 12 heteroatoms. The van der Waals surface area contributed by atoms with Gasteiger partial charge in [-0.1, -0.05) is 0 Å². The number of rotatable bonds is 16. The quantitative estimate of drug-likeness (QED) is 0.102. The number of aliphatic hydroxyl groups excluding tert-OH is 5. The summed E-state index contributed by atoms with van der Waals surface area (Å²) in [6.45, 7) is 3.25. The van der Waals surface area contributed by atoms with Crippen LogP contribution in [0.2, 0.25) is 0 Å². The maximum Gasteiger partial charge on any atom is 0.222 e. The second kappa shape index (κ2) is 14.9. The Hall–Kier alpha value is -1.41. The molecule has 4 fully saturated rings. The van der Waals surface area contributed by atoms with Gasteiger partial charge in [0.1, 0.15) is 24.5 Å². The van der Waals surface area contributed by atoms with Crippen LogP contribution in [-0.2, 0) is 14.3 Å². The number of nitrogens with zero attached hydrogens (tertiary/aromatic N) is 2. The van der Waals surface area contributed by atoms with E-state index < -0.39 is 37.2 Å². The number of nitrogens with one attached hydrogen (secondary N) is 1. The molecule has 1 spiro atoms. The molecule has 0 aromatic carbocycles. The average molecular weight is 588 g/mol. The summed E-state index contributed by atoms with van der Waals surface area (Å²) in [5.41, 5.74) is 0.448. The molecule has 0 aromatic heterocycles. The van der Waals surface area contributed by atoms with Gasteiger partial charge in [-0.05, 0) is 62.2 Å². The van der Waals surface area contributed by atoms with Gasteiger partial charge in [0.25, 0.3) is 0 Å². The molecule has 2 saturated carbocycles. The zero-order valence-corrected chi connectivity index (χ0v) is 24.0. The molecule has 4 unspecified atom stereocenters. The minimum absolute atomic E-state index is 0.0155. The minimum Gasteiger partial charge on any atom is -0.394 e. The fourth-order valence-corrected chi connectivity index (χ4v) is 7.01. The van der Waals surface area contributed by atoms with Gasteiger partial charge in [0, 0.05) is 64.6 Å². The predicted molar refractivity (Wildman–Crippen MR) is 147 cm³/mol. The highest BCUT2D eigenvalue weighted by Gasteiger charge is 2.53. The van der Waals surface area contributed by atoms with Crippen molar-refractivity contribution >= 4 is 12.3 Å². The van der Waals surface area contributed by atoms with E-state index in [1.165, 1.54) is 6.42 Å². The number of aliphatic hydroxyl groups is 5. The van der Waals surface area contributed by atoms with Crippen LogP contribution in [0.4, 0.5) is 4.39 Å². The summed E-state index contributed by atoms with van der Waals surface area (Å²) in [7, 11) is 0. The van der Waals surface area contributed by atoms with Crippen molar-refractivity contribution in [2.75, 3.05) is 52.5 Å². The Bertz CT molecular complexity index is 841. The van der Waals surface area contributed by atoms with Gasteiger partial charge in [0.05, 0.1) is 18.8 Å². The highest BCUT2D eigenvalue weighted by atomic mass is 19.1. The molecule has 4 rings (SSSR count). The van der Waals surface area contributed by atoms with E-state index in [2.05, 4.69) is 5.32 Å². The van der Waals surface area contributed by atoms with Gasteiger partial charge < -0.3 is 45.4 Å². The molecule has 236 valence electrons. The lowest BCUT2D eigenvalue weighted by molar-refractivity contribution is -0.140. The first-order valence-corrected chi connectivity index (χ1v) is 15.4. The molecule has 0 aromatic rings. The Labute approximate surface area is 242 Å². The van der Waals surface area contributed by atoms with Crippen molar-refractivity contribution in [2.24, 2.45) is 23.2 Å². The number of hydrogen-bond acceptors (Lipinski definition) is 9. The number of hydrogen-bond donors (Lipinski definition) is 6. The highest BCUT2D eigenvalue weighted by molar-refractivity contribution is 5.77. The summed E-state index contributed by atoms with van der Waals surface area (Å²) < 4.78 is 20.9. The number of likely N-dealkylation sites (tertiary alicyclic amines) is 2. The lowest BCUT2D eigenvalue weighted by atomic mass is 9.83. The van der Waals surface area contributed by atoms with E-state index in [4.69, 9.17) is 9.84 Å². The molecule has 2 aliphatic carbocycles. The third-order valence-electron chi connectivity index (χ3n) is 10.1. The molecule has 41 heavy (non-hydrogen) atoms. The van der Waals surface area contributed by atoms with Crippen LogP contribution in [0.5, 0.6) is 0 Å². The van der Waals surface area contributed by atoms with E-state index in [1.807, 2.05) is 4.90 Å². The summed E-state index contributed by atoms with van der Waals surface area (Å²) in [6.07, 6.45) is 1.27. The monoisotopic (exact) mass is 587 g/mol. The fourth-order valence-electron chi connectivity index (χ4n) is 7.01. The lowest BCUT2D eigenvalue weighted by Gasteiger charge is -2.41. The van der Waals surface area contributed by atoms with Gasteiger partial charge >= 0.3 is 0 Å². The Morgan fingerprint density at radius 2 is 1.80 bits per heavy atom. The van der Waals surface area contributed by atoms with Crippen LogP contribution in [0.15, 0.2) is 0 Å². The van der Waals surface area contributed by atoms with Crippen molar-refractivity contribution in [1.29, 1.82) is 0 Å². The molecule has 2 amide bonds. The number of piperidine rings is 1. The zero-order valence-electron chi connectivity index (χ0n) is 24.0. The summed E-state index contributed by atoms with van der Waals surface area (Å²) in [6, 6.07) is 0. The number of halogens is 1. The number of amides is 2. The van der Waals surface area contributed by atoms with Gasteiger partial charge in [-0.15, -0.1) is 0 Å². The lowest BCUT2D eigenvalue weighted by Crippen LogP contribution is -2.55. The normalized spacial score (nSPS) is 30.9. The maximum atomic E-state index is 14.9. The molecule has 2 heterocycles.